The summed E-state index contributed by atoms with van der Waals surface area (Å²) in [5.41, 5.74) is -3.39. The minimum absolute atomic E-state index is 0.0196. The molecule has 1 aromatic carbocycles. The zero-order chi connectivity index (χ0) is 98.0. The molecule has 6 aliphatic rings. The highest BCUT2D eigenvalue weighted by Gasteiger charge is 2.53. The van der Waals surface area contributed by atoms with Crippen LogP contribution in [0.3, 0.4) is 0 Å². The summed E-state index contributed by atoms with van der Waals surface area (Å²) in [6.07, 6.45) is 20.5. The van der Waals surface area contributed by atoms with E-state index in [1.54, 1.807) is 0 Å². The lowest BCUT2D eigenvalue weighted by atomic mass is 9.76. The van der Waals surface area contributed by atoms with Crippen molar-refractivity contribution in [2.24, 2.45) is 16.2 Å². The molecule has 6 heterocycles. The minimum Gasteiger partial charge on any atom is -0.465 e. The molecule has 132 heavy (non-hydrogen) atoms. The number of piperidine rings is 6. The van der Waals surface area contributed by atoms with E-state index < -0.39 is 52.1 Å². The van der Waals surface area contributed by atoms with Crippen molar-refractivity contribution < 1.29 is 85.6 Å². The van der Waals surface area contributed by atoms with Gasteiger partial charge in [-0.25, -0.2) is 0 Å². The molecule has 6 aliphatic heterocycles. The molecule has 0 bridgehead atoms. The van der Waals surface area contributed by atoms with Crippen LogP contribution in [0.25, 0.3) is 0 Å². The summed E-state index contributed by atoms with van der Waals surface area (Å²) in [5.74, 6) is -3.60. The number of aryl methyl sites for hydroxylation is 3. The molecule has 24 heteroatoms. The number of carbonyl (C=O) groups is 6. The Morgan fingerprint density at radius 1 is 0.242 bits per heavy atom. The fraction of sp³-hybridized carbons (Fsp3) is 0.889. The fourth-order valence-electron chi connectivity index (χ4n) is 24.1. The van der Waals surface area contributed by atoms with Gasteiger partial charge in [0.1, 0.15) is 0 Å². The highest BCUT2D eigenvalue weighted by Crippen LogP contribution is 2.43. The molecule has 0 saturated carbocycles. The van der Waals surface area contributed by atoms with Gasteiger partial charge in [-0.05, 0) is 337 Å². The lowest BCUT2D eigenvalue weighted by molar-refractivity contribution is -0.176. The third kappa shape index (κ3) is 38.6. The standard InChI is InChI=1S/C108H192N6O18/c1-28-31-48-106(88(115)127-60-37-54-121-82-67-94(4,5)109-95(6,7)68-82,89(116)128-61-38-55-122-83-69-96(8,9)110-97(10,11)70-83)51-34-43-79-46-47-80(44-35-52-107(49-32-29-2,90(117)129-62-39-56-123-84-71-98(12,13)111-99(14,15)72-84)91(118)130-63-40-57-124-85-73-100(16,17)112-101(18,19)74-85)81(66-79)45-36-53-108(50-33-30-3,92(119)131-64-41-58-125-86-75-102(20,21)113-103(22,23)76-86)93(120)132-65-42-59-126-87-77-104(24,25)114-105(26,27)78-87/h46-47,66,82-87,109-114H,28-45,48-65,67-78H2,1-27H3. The first-order valence-corrected chi connectivity index (χ1v) is 52.0. The summed E-state index contributed by atoms with van der Waals surface area (Å²) in [4.78, 5) is 92.0. The van der Waals surface area contributed by atoms with Gasteiger partial charge in [-0.2, -0.15) is 0 Å². The molecular weight excluding hydrogens is 1670 g/mol. The van der Waals surface area contributed by atoms with Crippen molar-refractivity contribution in [2.75, 3.05) is 79.3 Å². The molecule has 6 saturated heterocycles. The van der Waals surface area contributed by atoms with E-state index in [1.165, 1.54) is 0 Å². The molecule has 24 nitrogen and oxygen atoms in total. The zero-order valence-electron chi connectivity index (χ0n) is 88.5. The summed E-state index contributed by atoms with van der Waals surface area (Å²) in [6.45, 7) is 61.6. The van der Waals surface area contributed by atoms with Crippen LogP contribution >= 0.6 is 0 Å². The van der Waals surface area contributed by atoms with Gasteiger partial charge in [0.15, 0.2) is 16.2 Å². The van der Waals surface area contributed by atoms with Crippen LogP contribution in [0.4, 0.5) is 0 Å². The first kappa shape index (κ1) is 115. The third-order valence-electron chi connectivity index (χ3n) is 27.8. The van der Waals surface area contributed by atoms with E-state index in [2.05, 4.69) is 237 Å². The molecule has 6 N–H and O–H groups in total. The number of hydrogen-bond donors (Lipinski definition) is 6. The van der Waals surface area contributed by atoms with Crippen molar-refractivity contribution in [1.82, 2.24) is 31.9 Å². The summed E-state index contributed by atoms with van der Waals surface area (Å²) in [7, 11) is 0. The molecule has 0 unspecified atom stereocenters. The van der Waals surface area contributed by atoms with Gasteiger partial charge in [0.25, 0.3) is 0 Å². The molecular formula is C108H192N6O18. The largest absolute Gasteiger partial charge is 0.465 e. The topological polar surface area (TPSA) is 285 Å². The second kappa shape index (κ2) is 50.1. The first-order valence-electron chi connectivity index (χ1n) is 52.0. The van der Waals surface area contributed by atoms with Gasteiger partial charge in [0.2, 0.25) is 0 Å². The quantitative estimate of drug-likeness (QED) is 0.0153. The molecule has 7 rings (SSSR count). The minimum atomic E-state index is -1.66. The molecule has 0 atom stereocenters. The number of rotatable bonds is 57. The monoisotopic (exact) mass is 1860 g/mol. The van der Waals surface area contributed by atoms with Crippen molar-refractivity contribution in [2.45, 2.75) is 521 Å². The summed E-state index contributed by atoms with van der Waals surface area (Å²) in [5, 5.41) is 22.4. The van der Waals surface area contributed by atoms with E-state index in [0.29, 0.717) is 142 Å². The number of ether oxygens (including phenoxy) is 12. The zero-order valence-corrected chi connectivity index (χ0v) is 88.5. The van der Waals surface area contributed by atoms with Crippen LogP contribution in [-0.2, 0) is 105 Å². The van der Waals surface area contributed by atoms with Crippen molar-refractivity contribution in [3.05, 3.63) is 34.9 Å². The lowest BCUT2D eigenvalue weighted by Crippen LogP contribution is -2.59. The first-order chi connectivity index (χ1) is 61.4. The Balaban J connectivity index is 1.21. The van der Waals surface area contributed by atoms with Gasteiger partial charge >= 0.3 is 35.8 Å². The van der Waals surface area contributed by atoms with Crippen LogP contribution in [0.15, 0.2) is 18.2 Å². The Morgan fingerprint density at radius 3 is 0.606 bits per heavy atom. The van der Waals surface area contributed by atoms with Gasteiger partial charge in [0.05, 0.1) is 116 Å². The number of carbonyl (C=O) groups excluding carboxylic acids is 6. The molecule has 0 radical (unpaired) electrons. The molecule has 0 aliphatic carbocycles. The normalized spacial score (nSPS) is 21.8. The van der Waals surface area contributed by atoms with E-state index in [-0.39, 0.29) is 181 Å². The van der Waals surface area contributed by atoms with Crippen LogP contribution in [0.2, 0.25) is 0 Å². The maximum absolute atomic E-state index is 15.4. The van der Waals surface area contributed by atoms with E-state index in [0.717, 1.165) is 107 Å². The molecule has 1 aromatic rings. The number of esters is 6. The van der Waals surface area contributed by atoms with Crippen LogP contribution in [0.1, 0.15) is 416 Å². The lowest BCUT2D eigenvalue weighted by Gasteiger charge is -2.46. The van der Waals surface area contributed by atoms with Crippen molar-refractivity contribution in [1.29, 1.82) is 0 Å². The highest BCUT2D eigenvalue weighted by molar-refractivity contribution is 6.01. The molecule has 6 fully saturated rings. The predicted octanol–water partition coefficient (Wildman–Crippen LogP) is 19.7. The van der Waals surface area contributed by atoms with Crippen molar-refractivity contribution >= 4 is 35.8 Å². The van der Waals surface area contributed by atoms with Crippen molar-refractivity contribution in [3.63, 3.8) is 0 Å². The maximum atomic E-state index is 15.4. The number of hydrogen-bond acceptors (Lipinski definition) is 24. The van der Waals surface area contributed by atoms with Crippen LogP contribution < -0.4 is 31.9 Å². The highest BCUT2D eigenvalue weighted by atomic mass is 16.6. The molecule has 762 valence electrons. The van der Waals surface area contributed by atoms with Gasteiger partial charge in [-0.1, -0.05) is 77.5 Å². The molecule has 0 spiro atoms. The van der Waals surface area contributed by atoms with E-state index >= 15 is 28.8 Å². The summed E-state index contributed by atoms with van der Waals surface area (Å²) < 4.78 is 76.8. The number of benzene rings is 1. The van der Waals surface area contributed by atoms with E-state index in [4.69, 9.17) is 56.8 Å². The smallest absolute Gasteiger partial charge is 0.323 e. The second-order valence-corrected chi connectivity index (χ2v) is 48.9. The Labute approximate surface area is 800 Å². The van der Waals surface area contributed by atoms with Gasteiger partial charge in [-0.15, -0.1) is 0 Å². The fourth-order valence-corrected chi connectivity index (χ4v) is 24.1. The Morgan fingerprint density at radius 2 is 0.417 bits per heavy atom. The Kier molecular flexibility index (Phi) is 43.5. The van der Waals surface area contributed by atoms with E-state index in [9.17, 15) is 0 Å². The average molecular weight is 1860 g/mol. The van der Waals surface area contributed by atoms with Crippen LogP contribution in [-0.4, -0.2) is 218 Å². The Bertz CT molecular complexity index is 3440. The number of nitrogens with one attached hydrogen (secondary N) is 6. The Hall–Kier alpha value is -4.44. The maximum Gasteiger partial charge on any atom is 0.323 e. The van der Waals surface area contributed by atoms with E-state index in [1.807, 2.05) is 0 Å². The van der Waals surface area contributed by atoms with Gasteiger partial charge in [0, 0.05) is 105 Å². The molecule has 0 aromatic heterocycles. The molecule has 0 amide bonds. The van der Waals surface area contributed by atoms with Gasteiger partial charge in [-0.3, -0.25) is 28.8 Å². The number of unbranched alkanes of at least 4 members (excludes halogenated alkanes) is 3. The predicted molar refractivity (Wildman–Crippen MR) is 526 cm³/mol. The van der Waals surface area contributed by atoms with Crippen molar-refractivity contribution in [3.8, 4) is 0 Å². The summed E-state index contributed by atoms with van der Waals surface area (Å²) >= 11 is 0. The van der Waals surface area contributed by atoms with Crippen LogP contribution in [0.5, 0.6) is 0 Å². The third-order valence-corrected chi connectivity index (χ3v) is 27.8. The van der Waals surface area contributed by atoms with Gasteiger partial charge < -0.3 is 88.7 Å². The average Bonchev–Trinajstić information content (AvgIpc) is 0.672. The second-order valence-electron chi connectivity index (χ2n) is 48.9. The SMILES string of the molecule is CCCCC(CCCc1ccc(CCCC(CCCC)(C(=O)OCCCOC2CC(C)(C)NC(C)(C)C2)C(=O)OCCCOC2CC(C)(C)NC(C)(C)C2)c(CCCC(CCCC)(C(=O)OCCCOC2CC(C)(C)NC(C)(C)C2)C(=O)OCCCOC2CC(C)(C)NC(C)(C)C2)c1)(C(=O)OCCCOC1CC(C)(C)NC(C)(C)C1)C(=O)OCCCOC1CC(C)(C)NC(C)(C)C1. The van der Waals surface area contributed by atoms with Crippen LogP contribution in [0, 0.1) is 16.2 Å². The summed E-state index contributed by atoms with van der Waals surface area (Å²) in [6, 6.07) is 6.40.